The molecule has 2 unspecified atom stereocenters. The van der Waals surface area contributed by atoms with Crippen molar-refractivity contribution in [1.29, 1.82) is 0 Å². The summed E-state index contributed by atoms with van der Waals surface area (Å²) < 4.78 is 19.2. The second-order valence-electron chi connectivity index (χ2n) is 5.99. The third-order valence-corrected chi connectivity index (χ3v) is 4.24. The van der Waals surface area contributed by atoms with E-state index in [0.717, 1.165) is 12.0 Å². The van der Waals surface area contributed by atoms with Crippen molar-refractivity contribution in [3.05, 3.63) is 65.5 Å². The zero-order valence-electron chi connectivity index (χ0n) is 13.7. The monoisotopic (exact) mass is 344 g/mol. The molecule has 1 aliphatic rings. The summed E-state index contributed by atoms with van der Waals surface area (Å²) in [5.74, 6) is 0.222. The minimum Gasteiger partial charge on any atom is -0.493 e. The summed E-state index contributed by atoms with van der Waals surface area (Å²) in [6.45, 7) is 0.318. The van der Waals surface area contributed by atoms with Crippen molar-refractivity contribution < 1.29 is 19.0 Å². The average molecular weight is 344 g/mol. The molecular weight excluding hydrogens is 323 g/mol. The molecule has 0 fully saturated rings. The Morgan fingerprint density at radius 1 is 1.28 bits per heavy atom. The third kappa shape index (κ3) is 4.28. The molecule has 132 valence electrons. The molecule has 3 N–H and O–H groups in total. The topological polar surface area (TPSA) is 70.6 Å². The van der Waals surface area contributed by atoms with Crippen molar-refractivity contribution >= 4 is 6.03 Å². The molecule has 3 rings (SSSR count). The molecule has 2 atom stereocenters. The highest BCUT2D eigenvalue weighted by atomic mass is 19.1. The quantitative estimate of drug-likeness (QED) is 0.798. The van der Waals surface area contributed by atoms with Gasteiger partial charge in [-0.25, -0.2) is 9.18 Å². The predicted molar refractivity (Wildman–Crippen MR) is 91.8 cm³/mol. The van der Waals surface area contributed by atoms with Crippen LogP contribution < -0.4 is 15.4 Å². The van der Waals surface area contributed by atoms with Crippen LogP contribution in [-0.2, 0) is 0 Å². The van der Waals surface area contributed by atoms with Crippen LogP contribution in [0.2, 0.25) is 0 Å². The number of benzene rings is 2. The van der Waals surface area contributed by atoms with Gasteiger partial charge in [0.05, 0.1) is 25.3 Å². The van der Waals surface area contributed by atoms with Crippen molar-refractivity contribution in [1.82, 2.24) is 10.6 Å². The maximum Gasteiger partial charge on any atom is 0.315 e. The summed E-state index contributed by atoms with van der Waals surface area (Å²) in [5.41, 5.74) is 1.45. The van der Waals surface area contributed by atoms with Gasteiger partial charge < -0.3 is 20.5 Å². The second kappa shape index (κ2) is 7.98. The van der Waals surface area contributed by atoms with Crippen LogP contribution in [0.25, 0.3) is 0 Å². The number of rotatable bonds is 4. The van der Waals surface area contributed by atoms with E-state index in [4.69, 9.17) is 4.74 Å². The Morgan fingerprint density at radius 2 is 2.08 bits per heavy atom. The first-order valence-corrected chi connectivity index (χ1v) is 8.32. The van der Waals surface area contributed by atoms with Gasteiger partial charge in [-0.05, 0) is 36.6 Å². The molecule has 1 heterocycles. The average Bonchev–Trinajstić information content (AvgIpc) is 2.82. The van der Waals surface area contributed by atoms with Crippen LogP contribution in [0, 0.1) is 5.82 Å². The summed E-state index contributed by atoms with van der Waals surface area (Å²) in [4.78, 5) is 12.4. The van der Waals surface area contributed by atoms with E-state index < -0.39 is 12.1 Å². The number of halogens is 1. The summed E-state index contributed by atoms with van der Waals surface area (Å²) in [7, 11) is 0. The minimum absolute atomic E-state index is 0.212. The Bertz CT molecular complexity index is 724. The van der Waals surface area contributed by atoms with Crippen molar-refractivity contribution in [3.63, 3.8) is 0 Å². The number of urea groups is 1. The van der Waals surface area contributed by atoms with Gasteiger partial charge in [0.1, 0.15) is 11.6 Å². The van der Waals surface area contributed by atoms with Crippen LogP contribution in [0.15, 0.2) is 48.5 Å². The van der Waals surface area contributed by atoms with Crippen molar-refractivity contribution in [2.24, 2.45) is 0 Å². The van der Waals surface area contributed by atoms with Gasteiger partial charge in [0.15, 0.2) is 0 Å². The molecular formula is C19H21FN2O3. The van der Waals surface area contributed by atoms with Gasteiger partial charge in [-0.15, -0.1) is 0 Å². The first kappa shape index (κ1) is 17.2. The highest BCUT2D eigenvalue weighted by Crippen LogP contribution is 2.32. The van der Waals surface area contributed by atoms with Gasteiger partial charge in [-0.3, -0.25) is 0 Å². The molecule has 2 aromatic carbocycles. The lowest BCUT2D eigenvalue weighted by Crippen LogP contribution is -2.41. The maximum absolute atomic E-state index is 13.6. The SMILES string of the molecule is O=C(NC(CO)c1ccccc1)NC1CCCOc2ccc(F)cc21. The number of fused-ring (bicyclic) bond motifs is 1. The number of carbonyl (C=O) groups excluding carboxylic acids is 1. The smallest absolute Gasteiger partial charge is 0.315 e. The van der Waals surface area contributed by atoms with Gasteiger partial charge in [0.25, 0.3) is 0 Å². The van der Waals surface area contributed by atoms with E-state index in [1.165, 1.54) is 12.1 Å². The fraction of sp³-hybridized carbons (Fsp3) is 0.316. The Kier molecular flexibility index (Phi) is 5.50. The Balaban J connectivity index is 1.71. The molecule has 0 spiro atoms. The van der Waals surface area contributed by atoms with Crippen LogP contribution in [-0.4, -0.2) is 24.4 Å². The van der Waals surface area contributed by atoms with Crippen LogP contribution in [0.3, 0.4) is 0 Å². The molecule has 25 heavy (non-hydrogen) atoms. The van der Waals surface area contributed by atoms with E-state index in [1.54, 1.807) is 6.07 Å². The van der Waals surface area contributed by atoms with Gasteiger partial charge >= 0.3 is 6.03 Å². The molecule has 6 heteroatoms. The minimum atomic E-state index is -0.504. The third-order valence-electron chi connectivity index (χ3n) is 4.24. The van der Waals surface area contributed by atoms with Crippen LogP contribution in [0.5, 0.6) is 5.75 Å². The molecule has 0 radical (unpaired) electrons. The summed E-state index contributed by atoms with van der Waals surface area (Å²) >= 11 is 0. The lowest BCUT2D eigenvalue weighted by atomic mass is 10.0. The van der Waals surface area contributed by atoms with Crippen molar-refractivity contribution in [2.75, 3.05) is 13.2 Å². The number of aliphatic hydroxyl groups is 1. The molecule has 1 aliphatic heterocycles. The molecule has 2 amide bonds. The first-order chi connectivity index (χ1) is 12.2. The molecule has 2 aromatic rings. The lowest BCUT2D eigenvalue weighted by molar-refractivity contribution is 0.213. The van der Waals surface area contributed by atoms with Gasteiger partial charge in [-0.2, -0.15) is 0 Å². The molecule has 5 nitrogen and oxygen atoms in total. The van der Waals surface area contributed by atoms with Crippen LogP contribution >= 0.6 is 0 Å². The van der Waals surface area contributed by atoms with Gasteiger partial charge in [-0.1, -0.05) is 30.3 Å². The maximum atomic E-state index is 13.6. The Labute approximate surface area is 145 Å². The standard InChI is InChI=1S/C19H21FN2O3/c20-14-8-9-18-15(11-14)16(7-4-10-25-18)21-19(24)22-17(12-23)13-5-2-1-3-6-13/h1-3,5-6,8-9,11,16-17,23H,4,7,10,12H2,(H2,21,22,24). The Hall–Kier alpha value is -2.60. The normalized spacial score (nSPS) is 17.6. The van der Waals surface area contributed by atoms with Gasteiger partial charge in [0, 0.05) is 5.56 Å². The summed E-state index contributed by atoms with van der Waals surface area (Å²) in [6, 6.07) is 12.3. The predicted octanol–water partition coefficient (Wildman–Crippen LogP) is 3.07. The fourth-order valence-corrected chi connectivity index (χ4v) is 2.98. The number of hydrogen-bond acceptors (Lipinski definition) is 3. The second-order valence-corrected chi connectivity index (χ2v) is 5.99. The highest BCUT2D eigenvalue weighted by Gasteiger charge is 2.23. The van der Waals surface area contributed by atoms with E-state index >= 15 is 0 Å². The molecule has 0 bridgehead atoms. The van der Waals surface area contributed by atoms with Gasteiger partial charge in [0.2, 0.25) is 0 Å². The first-order valence-electron chi connectivity index (χ1n) is 8.32. The number of nitrogens with one attached hydrogen (secondary N) is 2. The lowest BCUT2D eigenvalue weighted by Gasteiger charge is -2.22. The number of ether oxygens (including phenoxy) is 1. The summed E-state index contributed by atoms with van der Waals surface area (Å²) in [6.07, 6.45) is 1.41. The van der Waals surface area contributed by atoms with E-state index in [-0.39, 0.29) is 18.5 Å². The zero-order chi connectivity index (χ0) is 17.6. The van der Waals surface area contributed by atoms with E-state index in [1.807, 2.05) is 30.3 Å². The highest BCUT2D eigenvalue weighted by molar-refractivity contribution is 5.75. The largest absolute Gasteiger partial charge is 0.493 e. The van der Waals surface area contributed by atoms with E-state index in [2.05, 4.69) is 10.6 Å². The molecule has 0 saturated carbocycles. The zero-order valence-corrected chi connectivity index (χ0v) is 13.7. The fourth-order valence-electron chi connectivity index (χ4n) is 2.98. The molecule has 0 aliphatic carbocycles. The molecule has 0 aromatic heterocycles. The van der Waals surface area contributed by atoms with E-state index in [9.17, 15) is 14.3 Å². The Morgan fingerprint density at radius 3 is 2.84 bits per heavy atom. The number of amides is 2. The summed E-state index contributed by atoms with van der Waals surface area (Å²) in [5, 5.41) is 15.2. The van der Waals surface area contributed by atoms with Crippen molar-refractivity contribution in [3.8, 4) is 5.75 Å². The van der Waals surface area contributed by atoms with E-state index in [0.29, 0.717) is 24.3 Å². The van der Waals surface area contributed by atoms with Crippen LogP contribution in [0.4, 0.5) is 9.18 Å². The number of carbonyl (C=O) groups is 1. The number of hydrogen-bond donors (Lipinski definition) is 3. The number of aliphatic hydroxyl groups excluding tert-OH is 1. The van der Waals surface area contributed by atoms with Crippen molar-refractivity contribution in [2.45, 2.75) is 24.9 Å². The molecule has 0 saturated heterocycles. The van der Waals surface area contributed by atoms with Crippen LogP contribution in [0.1, 0.15) is 36.1 Å².